The number of hydrogen-bond acceptors (Lipinski definition) is 4. The molecule has 2 N–H and O–H groups in total. The summed E-state index contributed by atoms with van der Waals surface area (Å²) < 4.78 is 16.3. The number of ether oxygens (including phenoxy) is 3. The first kappa shape index (κ1) is 14.2. The van der Waals surface area contributed by atoms with E-state index in [0.29, 0.717) is 12.5 Å². The predicted octanol–water partition coefficient (Wildman–Crippen LogP) is 1.96. The molecule has 106 valence electrons. The molecule has 1 unspecified atom stereocenters. The third-order valence-corrected chi connectivity index (χ3v) is 4.21. The standard InChI is InChI=1S/C15H23NO3/c1-11(6-7-16)15(9-19-10-15)13-8-12(17-2)4-5-14(13)18-3/h4-5,8,11H,6-7,9-10,16H2,1-3H3. The van der Waals surface area contributed by atoms with Crippen LogP contribution in [0.5, 0.6) is 11.5 Å². The molecule has 0 spiro atoms. The number of hydrogen-bond donors (Lipinski definition) is 1. The van der Waals surface area contributed by atoms with Crippen molar-refractivity contribution >= 4 is 0 Å². The van der Waals surface area contributed by atoms with Crippen LogP contribution < -0.4 is 15.2 Å². The summed E-state index contributed by atoms with van der Waals surface area (Å²) in [5.74, 6) is 2.20. The molecule has 2 rings (SSSR count). The Labute approximate surface area is 114 Å². The van der Waals surface area contributed by atoms with E-state index in [-0.39, 0.29) is 5.41 Å². The highest BCUT2D eigenvalue weighted by Crippen LogP contribution is 2.45. The summed E-state index contributed by atoms with van der Waals surface area (Å²) in [4.78, 5) is 0. The zero-order valence-corrected chi connectivity index (χ0v) is 11.9. The van der Waals surface area contributed by atoms with E-state index in [1.165, 1.54) is 5.56 Å². The van der Waals surface area contributed by atoms with Crippen LogP contribution in [0.25, 0.3) is 0 Å². The molecule has 1 aromatic rings. The fraction of sp³-hybridized carbons (Fsp3) is 0.600. The van der Waals surface area contributed by atoms with Crippen LogP contribution in [0.1, 0.15) is 18.9 Å². The third kappa shape index (κ3) is 2.42. The smallest absolute Gasteiger partial charge is 0.123 e. The lowest BCUT2D eigenvalue weighted by Crippen LogP contribution is -2.52. The van der Waals surface area contributed by atoms with Crippen LogP contribution in [0.3, 0.4) is 0 Å². The van der Waals surface area contributed by atoms with Crippen molar-refractivity contribution in [3.8, 4) is 11.5 Å². The van der Waals surface area contributed by atoms with Crippen molar-refractivity contribution in [1.82, 2.24) is 0 Å². The number of benzene rings is 1. The summed E-state index contributed by atoms with van der Waals surface area (Å²) in [6.45, 7) is 4.36. The van der Waals surface area contributed by atoms with Crippen molar-refractivity contribution in [2.24, 2.45) is 11.7 Å². The molecule has 1 heterocycles. The number of rotatable bonds is 6. The number of nitrogens with two attached hydrogens (primary N) is 1. The maximum atomic E-state index is 5.71. The molecule has 1 aliphatic heterocycles. The quantitative estimate of drug-likeness (QED) is 0.854. The molecule has 0 amide bonds. The normalized spacial score (nSPS) is 18.5. The van der Waals surface area contributed by atoms with Crippen molar-refractivity contribution < 1.29 is 14.2 Å². The second kappa shape index (κ2) is 5.80. The zero-order chi connectivity index (χ0) is 13.9. The van der Waals surface area contributed by atoms with Crippen LogP contribution in [0, 0.1) is 5.92 Å². The van der Waals surface area contributed by atoms with Gasteiger partial charge in [0, 0.05) is 11.0 Å². The molecule has 19 heavy (non-hydrogen) atoms. The first-order valence-electron chi connectivity index (χ1n) is 6.68. The van der Waals surface area contributed by atoms with E-state index < -0.39 is 0 Å². The van der Waals surface area contributed by atoms with Crippen molar-refractivity contribution in [2.45, 2.75) is 18.8 Å². The Hall–Kier alpha value is -1.26. The lowest BCUT2D eigenvalue weighted by molar-refractivity contribution is -0.0892. The molecule has 0 radical (unpaired) electrons. The molecule has 0 saturated carbocycles. The number of methoxy groups -OCH3 is 2. The van der Waals surface area contributed by atoms with E-state index in [9.17, 15) is 0 Å². The Balaban J connectivity index is 2.41. The van der Waals surface area contributed by atoms with Gasteiger partial charge in [-0.05, 0) is 37.1 Å². The molecule has 0 aromatic heterocycles. The molecule has 0 bridgehead atoms. The molecule has 0 aliphatic carbocycles. The minimum atomic E-state index is -0.000741. The fourth-order valence-corrected chi connectivity index (χ4v) is 2.76. The van der Waals surface area contributed by atoms with Crippen LogP contribution in [0.4, 0.5) is 0 Å². The lowest BCUT2D eigenvalue weighted by atomic mass is 9.68. The van der Waals surface area contributed by atoms with Gasteiger partial charge in [0.2, 0.25) is 0 Å². The van der Waals surface area contributed by atoms with Crippen molar-refractivity contribution in [3.05, 3.63) is 23.8 Å². The molecule has 1 saturated heterocycles. The lowest BCUT2D eigenvalue weighted by Gasteiger charge is -2.47. The SMILES string of the molecule is COc1ccc(OC)c(C2(C(C)CCN)COC2)c1. The van der Waals surface area contributed by atoms with E-state index >= 15 is 0 Å². The van der Waals surface area contributed by atoms with Gasteiger partial charge in [-0.1, -0.05) is 6.92 Å². The van der Waals surface area contributed by atoms with Gasteiger partial charge in [-0.25, -0.2) is 0 Å². The van der Waals surface area contributed by atoms with Gasteiger partial charge in [0.25, 0.3) is 0 Å². The Morgan fingerprint density at radius 2 is 2.05 bits per heavy atom. The molecule has 1 fully saturated rings. The molecule has 4 heteroatoms. The largest absolute Gasteiger partial charge is 0.497 e. The van der Waals surface area contributed by atoms with E-state index in [2.05, 4.69) is 13.0 Å². The van der Waals surface area contributed by atoms with Gasteiger partial charge < -0.3 is 19.9 Å². The van der Waals surface area contributed by atoms with E-state index in [1.807, 2.05) is 12.1 Å². The van der Waals surface area contributed by atoms with Crippen LogP contribution in [-0.2, 0) is 10.2 Å². The molecule has 1 atom stereocenters. The highest BCUT2D eigenvalue weighted by atomic mass is 16.5. The second-order valence-corrected chi connectivity index (χ2v) is 5.19. The first-order chi connectivity index (χ1) is 9.17. The topological polar surface area (TPSA) is 53.7 Å². The molecule has 1 aromatic carbocycles. The maximum absolute atomic E-state index is 5.71. The van der Waals surface area contributed by atoms with E-state index in [1.54, 1.807) is 14.2 Å². The zero-order valence-electron chi connectivity index (χ0n) is 11.9. The van der Waals surface area contributed by atoms with Crippen LogP contribution in [0.2, 0.25) is 0 Å². The van der Waals surface area contributed by atoms with Gasteiger partial charge in [0.05, 0.1) is 27.4 Å². The molecular formula is C15H23NO3. The second-order valence-electron chi connectivity index (χ2n) is 5.19. The van der Waals surface area contributed by atoms with Crippen molar-refractivity contribution in [3.63, 3.8) is 0 Å². The highest BCUT2D eigenvalue weighted by molar-refractivity contribution is 5.46. The Morgan fingerprint density at radius 3 is 2.53 bits per heavy atom. The predicted molar refractivity (Wildman–Crippen MR) is 74.9 cm³/mol. The minimum Gasteiger partial charge on any atom is -0.497 e. The van der Waals surface area contributed by atoms with Gasteiger partial charge in [-0.2, -0.15) is 0 Å². The van der Waals surface area contributed by atoms with Gasteiger partial charge >= 0.3 is 0 Å². The molecular weight excluding hydrogens is 242 g/mol. The van der Waals surface area contributed by atoms with Gasteiger partial charge in [0.1, 0.15) is 11.5 Å². The van der Waals surface area contributed by atoms with Crippen LogP contribution in [-0.4, -0.2) is 34.0 Å². The Bertz CT molecular complexity index is 429. The Morgan fingerprint density at radius 1 is 1.32 bits per heavy atom. The average molecular weight is 265 g/mol. The van der Waals surface area contributed by atoms with Gasteiger partial charge in [-0.15, -0.1) is 0 Å². The summed E-state index contributed by atoms with van der Waals surface area (Å²) in [5.41, 5.74) is 6.88. The average Bonchev–Trinajstić information content (AvgIpc) is 2.37. The van der Waals surface area contributed by atoms with Gasteiger partial charge in [0.15, 0.2) is 0 Å². The monoisotopic (exact) mass is 265 g/mol. The summed E-state index contributed by atoms with van der Waals surface area (Å²) in [7, 11) is 3.38. The highest BCUT2D eigenvalue weighted by Gasteiger charge is 2.46. The van der Waals surface area contributed by atoms with Gasteiger partial charge in [-0.3, -0.25) is 0 Å². The third-order valence-electron chi connectivity index (χ3n) is 4.21. The Kier molecular flexibility index (Phi) is 4.32. The molecule has 4 nitrogen and oxygen atoms in total. The summed E-state index contributed by atoms with van der Waals surface area (Å²) in [6, 6.07) is 5.95. The summed E-state index contributed by atoms with van der Waals surface area (Å²) >= 11 is 0. The maximum Gasteiger partial charge on any atom is 0.123 e. The van der Waals surface area contributed by atoms with Crippen molar-refractivity contribution in [1.29, 1.82) is 0 Å². The summed E-state index contributed by atoms with van der Waals surface area (Å²) in [5, 5.41) is 0. The molecule has 1 aliphatic rings. The van der Waals surface area contributed by atoms with Crippen molar-refractivity contribution in [2.75, 3.05) is 34.0 Å². The fourth-order valence-electron chi connectivity index (χ4n) is 2.76. The minimum absolute atomic E-state index is 0.000741. The summed E-state index contributed by atoms with van der Waals surface area (Å²) in [6.07, 6.45) is 0.976. The van der Waals surface area contributed by atoms with E-state index in [0.717, 1.165) is 31.1 Å². The first-order valence-corrected chi connectivity index (χ1v) is 6.68. The van der Waals surface area contributed by atoms with E-state index in [4.69, 9.17) is 19.9 Å². The van der Waals surface area contributed by atoms with Crippen LogP contribution in [0.15, 0.2) is 18.2 Å². The van der Waals surface area contributed by atoms with Crippen LogP contribution >= 0.6 is 0 Å².